The smallest absolute Gasteiger partial charge is 0.163 e. The molecule has 85 heavy (non-hydrogen) atoms. The molecule has 0 spiro atoms. The molecule has 2 aliphatic carbocycles. The Kier molecular flexibility index (Phi) is 25.3. The third-order valence-electron chi connectivity index (χ3n) is 19.0. The van der Waals surface area contributed by atoms with Crippen molar-refractivity contribution in [2.75, 3.05) is 19.8 Å². The van der Waals surface area contributed by atoms with E-state index < -0.39 is 0 Å². The molecule has 3 unspecified atom stereocenters. The summed E-state index contributed by atoms with van der Waals surface area (Å²) in [6.07, 6.45) is 24.3. The molecule has 4 atom stereocenters. The first-order chi connectivity index (χ1) is 38.9. The lowest BCUT2D eigenvalue weighted by Gasteiger charge is -2.26. The summed E-state index contributed by atoms with van der Waals surface area (Å²) >= 11 is 0. The van der Waals surface area contributed by atoms with Crippen molar-refractivity contribution < 1.29 is 28.6 Å². The molecule has 3 aliphatic heterocycles. The van der Waals surface area contributed by atoms with Gasteiger partial charge >= 0.3 is 0 Å². The minimum absolute atomic E-state index is 0. The van der Waals surface area contributed by atoms with E-state index in [9.17, 15) is 14.4 Å². The second-order valence-electron chi connectivity index (χ2n) is 26.8. The van der Waals surface area contributed by atoms with Crippen LogP contribution >= 0.6 is 0 Å². The number of carbonyl (C=O) groups is 3. The van der Waals surface area contributed by atoms with Crippen LogP contribution in [0.15, 0.2) is 140 Å². The van der Waals surface area contributed by atoms with Crippen molar-refractivity contribution in [3.05, 3.63) is 184 Å². The van der Waals surface area contributed by atoms with Crippen LogP contribution in [-0.4, -0.2) is 37.2 Å². The predicted octanol–water partition coefficient (Wildman–Crippen LogP) is 21.5. The van der Waals surface area contributed by atoms with Crippen molar-refractivity contribution in [2.45, 2.75) is 217 Å². The summed E-state index contributed by atoms with van der Waals surface area (Å²) in [7, 11) is 0. The first-order valence-electron chi connectivity index (χ1n) is 31.0. The molecule has 0 aromatic heterocycles. The van der Waals surface area contributed by atoms with Gasteiger partial charge in [0.25, 0.3) is 0 Å². The Morgan fingerprint density at radius 3 is 1.48 bits per heavy atom. The van der Waals surface area contributed by atoms with Gasteiger partial charge in [-0.05, 0) is 89.0 Å². The lowest BCUT2D eigenvalue weighted by molar-refractivity contribution is 0.0923. The molecule has 460 valence electrons. The van der Waals surface area contributed by atoms with Crippen LogP contribution in [0.5, 0.6) is 17.2 Å². The first-order valence-corrected chi connectivity index (χ1v) is 31.0. The van der Waals surface area contributed by atoms with Gasteiger partial charge in [-0.2, -0.15) is 0 Å². The molecule has 6 aromatic rings. The van der Waals surface area contributed by atoms with Crippen molar-refractivity contribution in [2.24, 2.45) is 23.2 Å². The third kappa shape index (κ3) is 17.3. The van der Waals surface area contributed by atoms with E-state index in [0.717, 1.165) is 59.6 Å². The fourth-order valence-electron chi connectivity index (χ4n) is 13.1. The molecule has 2 saturated carbocycles. The van der Waals surface area contributed by atoms with Gasteiger partial charge in [0, 0.05) is 68.9 Å². The number of carbonyl (C=O) groups excluding carboxylic acids is 3. The van der Waals surface area contributed by atoms with E-state index in [1.165, 1.54) is 109 Å². The van der Waals surface area contributed by atoms with Gasteiger partial charge in [0.2, 0.25) is 0 Å². The number of unbranched alkanes of at least 4 members (excludes halogenated alkanes) is 1. The number of rotatable bonds is 17. The van der Waals surface area contributed by atoms with Gasteiger partial charge in [0.15, 0.2) is 17.3 Å². The van der Waals surface area contributed by atoms with E-state index >= 15 is 0 Å². The maximum Gasteiger partial charge on any atom is 0.163 e. The van der Waals surface area contributed by atoms with Crippen LogP contribution in [0.25, 0.3) is 10.8 Å². The van der Waals surface area contributed by atoms with Gasteiger partial charge in [0.05, 0.1) is 19.8 Å². The fraction of sp³-hybridized carbons (Fsp3) is 0.506. The largest absolute Gasteiger partial charge is 0.492 e. The van der Waals surface area contributed by atoms with Gasteiger partial charge in [-0.1, -0.05) is 277 Å². The average molecular weight is 1150 g/mol. The van der Waals surface area contributed by atoms with E-state index in [1.54, 1.807) is 0 Å². The topological polar surface area (TPSA) is 78.9 Å². The summed E-state index contributed by atoms with van der Waals surface area (Å²) < 4.78 is 18.1. The highest BCUT2D eigenvalue weighted by Gasteiger charge is 2.39. The summed E-state index contributed by atoms with van der Waals surface area (Å²) in [4.78, 5) is 38.2. The number of ketones is 3. The Balaban J connectivity index is 0.000000229. The number of fused-ring (bicyclic) bond motifs is 4. The number of benzene rings is 6. The van der Waals surface area contributed by atoms with E-state index in [4.69, 9.17) is 14.2 Å². The highest BCUT2D eigenvalue weighted by atomic mass is 16.5. The molecule has 0 N–H and O–H groups in total. The van der Waals surface area contributed by atoms with Crippen LogP contribution in [0.4, 0.5) is 0 Å². The number of Topliss-reactive ketones (excluding diaryl/α,β-unsaturated/α-hetero) is 3. The van der Waals surface area contributed by atoms with E-state index in [1.807, 2.05) is 42.5 Å². The number of ether oxygens (including phenoxy) is 3. The zero-order valence-corrected chi connectivity index (χ0v) is 50.3. The van der Waals surface area contributed by atoms with Gasteiger partial charge in [-0.25, -0.2) is 0 Å². The Hall–Kier alpha value is -6.27. The maximum atomic E-state index is 12.9. The van der Waals surface area contributed by atoms with Crippen LogP contribution < -0.4 is 14.2 Å². The molecule has 0 bridgehead atoms. The summed E-state index contributed by atoms with van der Waals surface area (Å²) in [5, 5.41) is 2.59. The predicted molar refractivity (Wildman–Crippen MR) is 360 cm³/mol. The molecule has 0 amide bonds. The summed E-state index contributed by atoms with van der Waals surface area (Å²) in [5.41, 5.74) is 8.81. The van der Waals surface area contributed by atoms with Crippen LogP contribution in [0, 0.1) is 23.2 Å². The standard InChI is InChI=1S/C28H30O2.C24H30O2.C23H32O2.4CH4/c1-28(18-23-12-7-11-21-10-5-6-13-24(21)23)19-30-27-17-22(14-15-25(27)28)26(29)16-20-8-3-2-4-9-20;1-17(23(2,3)4)13-21(25)19-11-12-20-22(14-19)26-16-24(20,5)15-18-9-7-6-8-10-18;1-3-4-5-9-14-23(2)17-25-22-16-19(12-13-20(22)23)21(24)15-18-10-7-6-8-11-18;;;;/h5-7,10-15,17,20H,2-4,8-9,16,18-19H2,1H3;6-12,14,17H,13,15-16H2,1-5H3;5,9,12-13,16,18H,3-4,6-8,10-11,14-15,17H2,1-2H3;4*1H4/b;;9-5+;;;;/t;17-,24?;;;;;/m.0...../s1. The highest BCUT2D eigenvalue weighted by molar-refractivity contribution is 5.98. The van der Waals surface area contributed by atoms with E-state index in [2.05, 4.69) is 152 Å². The lowest BCUT2D eigenvalue weighted by Crippen LogP contribution is -2.26. The molecule has 3 heterocycles. The van der Waals surface area contributed by atoms with Crippen molar-refractivity contribution >= 4 is 28.1 Å². The Morgan fingerprint density at radius 2 is 0.976 bits per heavy atom. The average Bonchev–Trinajstić information content (AvgIpc) is 2.55. The van der Waals surface area contributed by atoms with Gasteiger partial charge in [-0.3, -0.25) is 14.4 Å². The third-order valence-corrected chi connectivity index (χ3v) is 19.0. The van der Waals surface area contributed by atoms with Crippen LogP contribution in [0.3, 0.4) is 0 Å². The molecule has 6 nitrogen and oxygen atoms in total. The first kappa shape index (κ1) is 69.5. The number of hydrogen-bond acceptors (Lipinski definition) is 6. The Morgan fingerprint density at radius 1 is 0.529 bits per heavy atom. The second kappa shape index (κ2) is 30.9. The maximum absolute atomic E-state index is 12.9. The van der Waals surface area contributed by atoms with Crippen LogP contribution in [-0.2, 0) is 29.1 Å². The molecular formula is C79H108O6. The summed E-state index contributed by atoms with van der Waals surface area (Å²) in [6, 6.07) is 44.0. The number of hydrogen-bond donors (Lipinski definition) is 0. The molecule has 0 saturated heterocycles. The normalized spacial score (nSPS) is 20.7. The molecule has 6 heteroatoms. The second-order valence-corrected chi connectivity index (χ2v) is 26.8. The minimum atomic E-state index is -0.0790. The zero-order valence-electron chi connectivity index (χ0n) is 50.3. The lowest BCUT2D eigenvalue weighted by atomic mass is 9.77. The molecule has 6 aromatic carbocycles. The van der Waals surface area contributed by atoms with E-state index in [-0.39, 0.29) is 68.7 Å². The molecule has 5 aliphatic rings. The fourth-order valence-corrected chi connectivity index (χ4v) is 13.1. The van der Waals surface area contributed by atoms with Crippen LogP contribution in [0.1, 0.15) is 247 Å². The molecule has 2 fully saturated rings. The number of allylic oxidation sites excluding steroid dienone is 2. The van der Waals surface area contributed by atoms with Crippen molar-refractivity contribution in [3.8, 4) is 17.2 Å². The minimum Gasteiger partial charge on any atom is -0.492 e. The monoisotopic (exact) mass is 1150 g/mol. The zero-order chi connectivity index (χ0) is 57.2. The Labute approximate surface area is 515 Å². The molecular weight excluding hydrogens is 1040 g/mol. The van der Waals surface area contributed by atoms with Gasteiger partial charge in [0.1, 0.15) is 17.2 Å². The van der Waals surface area contributed by atoms with Crippen LogP contribution in [0.2, 0.25) is 0 Å². The van der Waals surface area contributed by atoms with Gasteiger partial charge < -0.3 is 14.2 Å². The summed E-state index contributed by atoms with van der Waals surface area (Å²) in [5.74, 6) is 4.95. The van der Waals surface area contributed by atoms with Gasteiger partial charge in [-0.15, -0.1) is 0 Å². The van der Waals surface area contributed by atoms with Crippen molar-refractivity contribution in [3.63, 3.8) is 0 Å². The summed E-state index contributed by atoms with van der Waals surface area (Å²) in [6.45, 7) is 19.7. The molecule has 11 rings (SSSR count). The SMILES string of the molecule is C.C.C.C.CC1(Cc2cccc3ccccc23)COc2cc(C(=O)CC3CCCCC3)ccc21.CCC/C=C/CC1(C)COc2cc(C(=O)CC3CCCCC3)ccc21.C[C@@H](CC(=O)c1ccc2c(c1)OCC2(C)Cc1ccccc1)C(C)(C)C. The Bertz CT molecular complexity index is 3140. The quantitative estimate of drug-likeness (QED) is 0.0669. The van der Waals surface area contributed by atoms with E-state index in [0.29, 0.717) is 56.8 Å². The van der Waals surface area contributed by atoms with Crippen molar-refractivity contribution in [1.82, 2.24) is 0 Å². The van der Waals surface area contributed by atoms with Crippen molar-refractivity contribution in [1.29, 1.82) is 0 Å². The molecule has 0 radical (unpaired) electrons. The highest BCUT2D eigenvalue weighted by Crippen LogP contribution is 2.45.